The number of rotatable bonds is 5. The number of benzene rings is 1. The lowest BCUT2D eigenvalue weighted by Gasteiger charge is -2.37. The molecule has 1 aromatic carbocycles. The lowest BCUT2D eigenvalue weighted by atomic mass is 9.67. The summed E-state index contributed by atoms with van der Waals surface area (Å²) in [6, 6.07) is 8.32. The van der Waals surface area contributed by atoms with Crippen molar-refractivity contribution in [3.8, 4) is 0 Å². The molecule has 2 aliphatic rings. The van der Waals surface area contributed by atoms with E-state index in [-0.39, 0.29) is 11.3 Å². The first-order valence-electron chi connectivity index (χ1n) is 9.29. The fraction of sp³-hybridized carbons (Fsp3) is 0.500. The quantitative estimate of drug-likeness (QED) is 0.880. The first-order valence-corrected chi connectivity index (χ1v) is 9.29. The fourth-order valence-corrected chi connectivity index (χ4v) is 4.50. The topological polar surface area (TPSA) is 59.0 Å². The van der Waals surface area contributed by atoms with Gasteiger partial charge in [-0.2, -0.15) is 0 Å². The van der Waals surface area contributed by atoms with E-state index < -0.39 is 0 Å². The Hall–Kier alpha value is -2.14. The Morgan fingerprint density at radius 1 is 1.32 bits per heavy atom. The molecule has 1 amide bonds. The van der Waals surface area contributed by atoms with E-state index in [9.17, 15) is 4.79 Å². The summed E-state index contributed by atoms with van der Waals surface area (Å²) in [7, 11) is 0. The summed E-state index contributed by atoms with van der Waals surface area (Å²) in [6.45, 7) is 3.20. The monoisotopic (exact) mass is 338 g/mol. The number of hydrogen-bond acceptors (Lipinski definition) is 3. The number of nitrogens with zero attached hydrogens (tertiary/aromatic N) is 2. The molecule has 5 nitrogen and oxygen atoms in total. The van der Waals surface area contributed by atoms with Crippen LogP contribution in [-0.2, 0) is 17.9 Å². The van der Waals surface area contributed by atoms with Gasteiger partial charge in [0.15, 0.2) is 0 Å². The molecule has 25 heavy (non-hydrogen) atoms. The molecule has 0 radical (unpaired) electrons. The van der Waals surface area contributed by atoms with Crippen LogP contribution in [0.1, 0.15) is 36.8 Å². The summed E-state index contributed by atoms with van der Waals surface area (Å²) in [5, 5.41) is 6.70. The van der Waals surface area contributed by atoms with E-state index in [0.29, 0.717) is 12.5 Å². The zero-order valence-electron chi connectivity index (χ0n) is 14.6. The Kier molecular flexibility index (Phi) is 4.57. The molecule has 4 rings (SSSR count). The van der Waals surface area contributed by atoms with E-state index in [1.54, 1.807) is 6.20 Å². The number of carbonyl (C=O) groups excluding carboxylic acids is 1. The highest BCUT2D eigenvalue weighted by Crippen LogP contribution is 2.43. The molecule has 1 saturated carbocycles. The summed E-state index contributed by atoms with van der Waals surface area (Å²) >= 11 is 0. The molecule has 0 unspecified atom stereocenters. The van der Waals surface area contributed by atoms with Crippen LogP contribution in [0.15, 0.2) is 43.0 Å². The summed E-state index contributed by atoms with van der Waals surface area (Å²) < 4.78 is 2.05. The smallest absolute Gasteiger partial charge is 0.228 e. The second-order valence-corrected chi connectivity index (χ2v) is 7.42. The Bertz CT molecular complexity index is 727. The van der Waals surface area contributed by atoms with E-state index >= 15 is 0 Å². The number of carbonyl (C=O) groups is 1. The molecule has 1 aromatic heterocycles. The Morgan fingerprint density at radius 2 is 2.20 bits per heavy atom. The summed E-state index contributed by atoms with van der Waals surface area (Å²) in [4.78, 5) is 17.1. The molecule has 2 N–H and O–H groups in total. The van der Waals surface area contributed by atoms with Crippen LogP contribution < -0.4 is 10.6 Å². The van der Waals surface area contributed by atoms with Gasteiger partial charge >= 0.3 is 0 Å². The van der Waals surface area contributed by atoms with Gasteiger partial charge in [0, 0.05) is 32.0 Å². The third-order valence-electron chi connectivity index (χ3n) is 5.96. The SMILES string of the molecule is O=C(NCc1ccccc1Cn1ccnc1)[C@@]12CCCC[C@H]1CNC2. The van der Waals surface area contributed by atoms with E-state index in [1.807, 2.05) is 24.7 Å². The molecule has 1 saturated heterocycles. The highest BCUT2D eigenvalue weighted by atomic mass is 16.2. The van der Waals surface area contributed by atoms with Crippen LogP contribution in [0.4, 0.5) is 0 Å². The van der Waals surface area contributed by atoms with Gasteiger partial charge in [0.1, 0.15) is 0 Å². The van der Waals surface area contributed by atoms with Crippen LogP contribution >= 0.6 is 0 Å². The van der Waals surface area contributed by atoms with E-state index in [0.717, 1.165) is 26.1 Å². The normalized spacial score (nSPS) is 25.5. The minimum atomic E-state index is -0.183. The van der Waals surface area contributed by atoms with Crippen molar-refractivity contribution in [2.45, 2.75) is 38.8 Å². The number of imidazole rings is 1. The van der Waals surface area contributed by atoms with Crippen molar-refractivity contribution < 1.29 is 4.79 Å². The molecular formula is C20H26N4O. The minimum Gasteiger partial charge on any atom is -0.351 e. The fourth-order valence-electron chi connectivity index (χ4n) is 4.50. The summed E-state index contributed by atoms with van der Waals surface area (Å²) in [5.41, 5.74) is 2.22. The Labute approximate surface area is 148 Å². The summed E-state index contributed by atoms with van der Waals surface area (Å²) in [5.74, 6) is 0.738. The average molecular weight is 338 g/mol. The number of hydrogen-bond donors (Lipinski definition) is 2. The third-order valence-corrected chi connectivity index (χ3v) is 5.96. The molecule has 0 spiro atoms. The van der Waals surface area contributed by atoms with E-state index in [4.69, 9.17) is 0 Å². The van der Waals surface area contributed by atoms with Gasteiger partial charge in [0.05, 0.1) is 11.7 Å². The standard InChI is InChI=1S/C20H26N4O/c25-19(20-8-4-3-7-18(20)12-22-14-20)23-11-16-5-1-2-6-17(16)13-24-10-9-21-15-24/h1-2,5-6,9-10,15,18,22H,3-4,7-8,11-14H2,(H,23,25)/t18-,20+/m0/s1. The van der Waals surface area contributed by atoms with Gasteiger partial charge in [-0.25, -0.2) is 4.98 Å². The zero-order valence-corrected chi connectivity index (χ0v) is 14.6. The van der Waals surface area contributed by atoms with Gasteiger partial charge in [-0.05, 0) is 36.4 Å². The second kappa shape index (κ2) is 7.00. The number of aromatic nitrogens is 2. The first-order chi connectivity index (χ1) is 12.3. The first kappa shape index (κ1) is 16.3. The van der Waals surface area contributed by atoms with Crippen molar-refractivity contribution in [2.24, 2.45) is 11.3 Å². The zero-order chi connectivity index (χ0) is 17.1. The van der Waals surface area contributed by atoms with Gasteiger partial charge in [-0.3, -0.25) is 4.79 Å². The van der Waals surface area contributed by atoms with Crippen molar-refractivity contribution in [3.63, 3.8) is 0 Å². The maximum absolute atomic E-state index is 13.0. The Morgan fingerprint density at radius 3 is 3.04 bits per heavy atom. The Balaban J connectivity index is 1.45. The second-order valence-electron chi connectivity index (χ2n) is 7.42. The van der Waals surface area contributed by atoms with Gasteiger partial charge in [-0.15, -0.1) is 0 Å². The molecule has 2 fully saturated rings. The highest BCUT2D eigenvalue weighted by molar-refractivity contribution is 5.83. The van der Waals surface area contributed by atoms with Gasteiger partial charge in [-0.1, -0.05) is 37.1 Å². The van der Waals surface area contributed by atoms with Gasteiger partial charge in [0.25, 0.3) is 0 Å². The predicted octanol–water partition coefficient (Wildman–Crippen LogP) is 2.33. The average Bonchev–Trinajstić information content (AvgIpc) is 3.30. The molecular weight excluding hydrogens is 312 g/mol. The maximum Gasteiger partial charge on any atom is 0.228 e. The summed E-state index contributed by atoms with van der Waals surface area (Å²) in [6.07, 6.45) is 10.2. The molecule has 2 heterocycles. The lowest BCUT2D eigenvalue weighted by molar-refractivity contribution is -0.134. The van der Waals surface area contributed by atoms with Crippen molar-refractivity contribution >= 4 is 5.91 Å². The van der Waals surface area contributed by atoms with Crippen molar-refractivity contribution in [3.05, 3.63) is 54.1 Å². The largest absolute Gasteiger partial charge is 0.351 e. The number of fused-ring (bicyclic) bond motifs is 1. The lowest BCUT2D eigenvalue weighted by Crippen LogP contribution is -2.47. The van der Waals surface area contributed by atoms with Gasteiger partial charge < -0.3 is 15.2 Å². The third kappa shape index (κ3) is 3.21. The van der Waals surface area contributed by atoms with Gasteiger partial charge in [0.2, 0.25) is 5.91 Å². The van der Waals surface area contributed by atoms with Crippen LogP contribution in [-0.4, -0.2) is 28.5 Å². The molecule has 0 bridgehead atoms. The van der Waals surface area contributed by atoms with Crippen molar-refractivity contribution in [2.75, 3.05) is 13.1 Å². The maximum atomic E-state index is 13.0. The van der Waals surface area contributed by atoms with Crippen molar-refractivity contribution in [1.29, 1.82) is 0 Å². The van der Waals surface area contributed by atoms with Crippen molar-refractivity contribution in [1.82, 2.24) is 20.2 Å². The van der Waals surface area contributed by atoms with E-state index in [1.165, 1.54) is 30.4 Å². The number of nitrogens with one attached hydrogen (secondary N) is 2. The van der Waals surface area contributed by atoms with Crippen LogP contribution in [0, 0.1) is 11.3 Å². The predicted molar refractivity (Wildman–Crippen MR) is 96.9 cm³/mol. The van der Waals surface area contributed by atoms with Crippen LogP contribution in [0.2, 0.25) is 0 Å². The molecule has 1 aliphatic carbocycles. The van der Waals surface area contributed by atoms with E-state index in [2.05, 4.69) is 32.3 Å². The van der Waals surface area contributed by atoms with Crippen LogP contribution in [0.25, 0.3) is 0 Å². The highest BCUT2D eigenvalue weighted by Gasteiger charge is 2.49. The number of amides is 1. The molecule has 132 valence electrons. The molecule has 2 atom stereocenters. The van der Waals surface area contributed by atoms with Crippen LogP contribution in [0.3, 0.4) is 0 Å². The molecule has 2 aromatic rings. The molecule has 5 heteroatoms. The minimum absolute atomic E-state index is 0.183. The molecule has 1 aliphatic heterocycles. The van der Waals surface area contributed by atoms with Crippen LogP contribution in [0.5, 0.6) is 0 Å².